The summed E-state index contributed by atoms with van der Waals surface area (Å²) in [5.74, 6) is -0.0387. The van der Waals surface area contributed by atoms with E-state index in [9.17, 15) is 9.59 Å². The number of ether oxygens (including phenoxy) is 1. The molecule has 2 amide bonds. The van der Waals surface area contributed by atoms with Gasteiger partial charge in [0.2, 0.25) is 5.88 Å². The number of carboxylic acid groups (broad SMARTS) is 1. The van der Waals surface area contributed by atoms with Gasteiger partial charge in [0.15, 0.2) is 0 Å². The Morgan fingerprint density at radius 3 is 2.59 bits per heavy atom. The number of hydrogen-bond donors (Lipinski definition) is 2. The van der Waals surface area contributed by atoms with Gasteiger partial charge in [0.05, 0.1) is 5.92 Å². The highest BCUT2D eigenvalue weighted by Crippen LogP contribution is 2.28. The van der Waals surface area contributed by atoms with E-state index in [2.05, 4.69) is 10.3 Å². The molecule has 142 valence electrons. The number of likely N-dealkylation sites (tertiary alicyclic amines) is 1. The number of pyridine rings is 1. The van der Waals surface area contributed by atoms with Gasteiger partial charge >= 0.3 is 12.0 Å². The molecule has 2 N–H and O–H groups in total. The Morgan fingerprint density at radius 1 is 1.19 bits per heavy atom. The number of urea groups is 1. The maximum atomic E-state index is 12.5. The van der Waals surface area contributed by atoms with Crippen LogP contribution in [0.4, 0.5) is 10.5 Å². The summed E-state index contributed by atoms with van der Waals surface area (Å²) in [4.78, 5) is 29.3. The zero-order valence-electron chi connectivity index (χ0n) is 15.4. The minimum Gasteiger partial charge on any atom is -0.481 e. The molecule has 1 aromatic heterocycles. The van der Waals surface area contributed by atoms with Gasteiger partial charge in [-0.2, -0.15) is 0 Å². The first-order valence-electron chi connectivity index (χ1n) is 8.92. The highest BCUT2D eigenvalue weighted by atomic mass is 16.5. The second-order valence-corrected chi connectivity index (χ2v) is 6.78. The largest absolute Gasteiger partial charge is 0.481 e. The van der Waals surface area contributed by atoms with Crippen molar-refractivity contribution in [3.8, 4) is 11.6 Å². The van der Waals surface area contributed by atoms with Gasteiger partial charge in [0.25, 0.3) is 0 Å². The molecule has 7 nitrogen and oxygen atoms in total. The second-order valence-electron chi connectivity index (χ2n) is 6.78. The number of benzene rings is 1. The zero-order chi connectivity index (χ0) is 19.4. The highest BCUT2D eigenvalue weighted by Gasteiger charge is 2.27. The Hall–Kier alpha value is -3.09. The number of carbonyl (C=O) groups excluding carboxylic acids is 1. The van der Waals surface area contributed by atoms with Crippen molar-refractivity contribution < 1.29 is 19.4 Å². The van der Waals surface area contributed by atoms with Crippen LogP contribution in [0.15, 0.2) is 36.5 Å². The summed E-state index contributed by atoms with van der Waals surface area (Å²) < 4.78 is 5.86. The number of piperidine rings is 1. The molecule has 7 heteroatoms. The third kappa shape index (κ3) is 4.75. The normalized spacial score (nSPS) is 14.7. The number of carbonyl (C=O) groups is 2. The summed E-state index contributed by atoms with van der Waals surface area (Å²) in [5.41, 5.74) is 2.60. The number of aryl methyl sites for hydroxylation is 2. The van der Waals surface area contributed by atoms with Gasteiger partial charge in [-0.3, -0.25) is 4.79 Å². The number of nitrogens with zero attached hydrogens (tertiary/aromatic N) is 2. The molecular weight excluding hydrogens is 346 g/mol. The van der Waals surface area contributed by atoms with Gasteiger partial charge in [0.1, 0.15) is 5.75 Å². The van der Waals surface area contributed by atoms with Crippen LogP contribution in [0.25, 0.3) is 0 Å². The van der Waals surface area contributed by atoms with Crippen LogP contribution in [-0.2, 0) is 4.79 Å². The number of amides is 2. The van der Waals surface area contributed by atoms with Crippen LogP contribution >= 0.6 is 0 Å². The van der Waals surface area contributed by atoms with Crippen molar-refractivity contribution in [2.24, 2.45) is 5.92 Å². The lowest BCUT2D eigenvalue weighted by molar-refractivity contribution is -0.143. The van der Waals surface area contributed by atoms with E-state index in [1.807, 2.05) is 38.1 Å². The van der Waals surface area contributed by atoms with Gasteiger partial charge in [-0.1, -0.05) is 6.07 Å². The number of rotatable bonds is 4. The monoisotopic (exact) mass is 369 g/mol. The van der Waals surface area contributed by atoms with E-state index in [0.29, 0.717) is 43.2 Å². The van der Waals surface area contributed by atoms with E-state index in [-0.39, 0.29) is 11.9 Å². The molecule has 1 fully saturated rings. The summed E-state index contributed by atoms with van der Waals surface area (Å²) in [5, 5.41) is 11.9. The molecule has 0 spiro atoms. The molecule has 2 heterocycles. The van der Waals surface area contributed by atoms with Gasteiger partial charge in [-0.15, -0.1) is 0 Å². The number of hydrogen-bond acceptors (Lipinski definition) is 4. The van der Waals surface area contributed by atoms with Crippen LogP contribution in [0.3, 0.4) is 0 Å². The smallest absolute Gasteiger partial charge is 0.321 e. The van der Waals surface area contributed by atoms with Crippen LogP contribution < -0.4 is 10.1 Å². The minimum absolute atomic E-state index is 0.234. The molecule has 1 saturated heterocycles. The summed E-state index contributed by atoms with van der Waals surface area (Å²) in [7, 11) is 0. The minimum atomic E-state index is -0.792. The Bertz CT molecular complexity index is 845. The third-order valence-electron chi connectivity index (χ3n) is 4.68. The first-order valence-corrected chi connectivity index (χ1v) is 8.92. The van der Waals surface area contributed by atoms with Crippen molar-refractivity contribution >= 4 is 17.7 Å². The van der Waals surface area contributed by atoms with Gasteiger partial charge in [-0.25, -0.2) is 9.78 Å². The Balaban J connectivity index is 1.65. The van der Waals surface area contributed by atoms with E-state index < -0.39 is 5.97 Å². The van der Waals surface area contributed by atoms with Crippen molar-refractivity contribution in [2.45, 2.75) is 26.7 Å². The SMILES string of the molecule is Cc1ccnc(Oc2cc(NC(=O)N3CCC(C(=O)O)CC3)ccc2C)c1. The fourth-order valence-corrected chi connectivity index (χ4v) is 3.00. The van der Waals surface area contributed by atoms with Crippen LogP contribution in [0.1, 0.15) is 24.0 Å². The molecule has 1 aliphatic heterocycles. The van der Waals surface area contributed by atoms with Crippen LogP contribution in [0, 0.1) is 19.8 Å². The molecule has 0 radical (unpaired) electrons. The van der Waals surface area contributed by atoms with E-state index in [1.165, 1.54) is 0 Å². The number of aliphatic carboxylic acids is 1. The quantitative estimate of drug-likeness (QED) is 0.855. The lowest BCUT2D eigenvalue weighted by atomic mass is 9.97. The average molecular weight is 369 g/mol. The first-order chi connectivity index (χ1) is 12.9. The molecule has 0 saturated carbocycles. The molecule has 27 heavy (non-hydrogen) atoms. The predicted molar refractivity (Wildman–Crippen MR) is 101 cm³/mol. The molecule has 1 aliphatic rings. The first kappa shape index (κ1) is 18.7. The van der Waals surface area contributed by atoms with Crippen molar-refractivity contribution in [3.63, 3.8) is 0 Å². The summed E-state index contributed by atoms with van der Waals surface area (Å²) in [6, 6.07) is 8.95. The lowest BCUT2D eigenvalue weighted by Gasteiger charge is -2.30. The van der Waals surface area contributed by atoms with Crippen molar-refractivity contribution in [1.82, 2.24) is 9.88 Å². The van der Waals surface area contributed by atoms with Crippen LogP contribution in [-0.4, -0.2) is 40.1 Å². The van der Waals surface area contributed by atoms with Crippen LogP contribution in [0.5, 0.6) is 11.6 Å². The Morgan fingerprint density at radius 2 is 1.93 bits per heavy atom. The number of nitrogens with one attached hydrogen (secondary N) is 1. The molecule has 0 unspecified atom stereocenters. The molecule has 1 aromatic carbocycles. The fourth-order valence-electron chi connectivity index (χ4n) is 3.00. The van der Waals surface area contributed by atoms with Gasteiger partial charge in [0, 0.05) is 37.1 Å². The van der Waals surface area contributed by atoms with E-state index >= 15 is 0 Å². The molecular formula is C20H23N3O4. The standard InChI is InChI=1S/C20H23N3O4/c1-13-5-8-21-18(11-13)27-17-12-16(4-3-14(17)2)22-20(26)23-9-6-15(7-10-23)19(24)25/h3-5,8,11-12,15H,6-7,9-10H2,1-2H3,(H,22,26)(H,24,25). The van der Waals surface area contributed by atoms with E-state index in [4.69, 9.17) is 9.84 Å². The number of aromatic nitrogens is 1. The Labute approximate surface area is 158 Å². The van der Waals surface area contributed by atoms with Crippen molar-refractivity contribution in [2.75, 3.05) is 18.4 Å². The summed E-state index contributed by atoms with van der Waals surface area (Å²) in [6.07, 6.45) is 2.64. The third-order valence-corrected chi connectivity index (χ3v) is 4.68. The maximum Gasteiger partial charge on any atom is 0.321 e. The molecule has 3 rings (SSSR count). The van der Waals surface area contributed by atoms with E-state index in [0.717, 1.165) is 11.1 Å². The summed E-state index contributed by atoms with van der Waals surface area (Å²) >= 11 is 0. The number of carboxylic acids is 1. The van der Waals surface area contributed by atoms with Gasteiger partial charge < -0.3 is 20.1 Å². The fraction of sp³-hybridized carbons (Fsp3) is 0.350. The van der Waals surface area contributed by atoms with E-state index in [1.54, 1.807) is 17.2 Å². The van der Waals surface area contributed by atoms with Crippen molar-refractivity contribution in [3.05, 3.63) is 47.7 Å². The highest BCUT2D eigenvalue weighted by molar-refractivity contribution is 5.89. The topological polar surface area (TPSA) is 91.8 Å². The number of anilines is 1. The molecule has 0 bridgehead atoms. The molecule has 0 atom stereocenters. The van der Waals surface area contributed by atoms with Gasteiger partial charge in [-0.05, 0) is 49.9 Å². The lowest BCUT2D eigenvalue weighted by Crippen LogP contribution is -2.42. The second kappa shape index (κ2) is 8.07. The van der Waals surface area contributed by atoms with Crippen molar-refractivity contribution in [1.29, 1.82) is 0 Å². The molecule has 0 aliphatic carbocycles. The Kier molecular flexibility index (Phi) is 5.59. The predicted octanol–water partition coefficient (Wildman–Crippen LogP) is 3.82. The maximum absolute atomic E-state index is 12.5. The van der Waals surface area contributed by atoms with Crippen LogP contribution in [0.2, 0.25) is 0 Å². The zero-order valence-corrected chi connectivity index (χ0v) is 15.4. The average Bonchev–Trinajstić information content (AvgIpc) is 2.64. The molecule has 2 aromatic rings. The summed E-state index contributed by atoms with van der Waals surface area (Å²) in [6.45, 7) is 4.76.